The summed E-state index contributed by atoms with van der Waals surface area (Å²) in [5.74, 6) is -0.0955. The van der Waals surface area contributed by atoms with Gasteiger partial charge in [0.05, 0.1) is 11.0 Å². The molecular formula is C20H15N3O. The van der Waals surface area contributed by atoms with Crippen LogP contribution in [0.2, 0.25) is 0 Å². The van der Waals surface area contributed by atoms with Crippen LogP contribution < -0.4 is 5.32 Å². The molecule has 0 spiro atoms. The molecule has 0 saturated heterocycles. The van der Waals surface area contributed by atoms with Crippen LogP contribution in [0.25, 0.3) is 21.8 Å². The Kier molecular flexibility index (Phi) is 3.63. The third kappa shape index (κ3) is 2.82. The molecule has 24 heavy (non-hydrogen) atoms. The van der Waals surface area contributed by atoms with E-state index in [9.17, 15) is 4.79 Å². The largest absolute Gasteiger partial charge is 0.348 e. The summed E-state index contributed by atoms with van der Waals surface area (Å²) in [6.45, 7) is 0.469. The average molecular weight is 313 g/mol. The topological polar surface area (TPSA) is 54.9 Å². The van der Waals surface area contributed by atoms with E-state index in [-0.39, 0.29) is 5.91 Å². The Morgan fingerprint density at radius 1 is 0.833 bits per heavy atom. The molecule has 0 saturated carbocycles. The van der Waals surface area contributed by atoms with Crippen LogP contribution in [0.3, 0.4) is 0 Å². The highest BCUT2D eigenvalue weighted by Crippen LogP contribution is 2.15. The lowest BCUT2D eigenvalue weighted by Crippen LogP contribution is -2.22. The first-order valence-electron chi connectivity index (χ1n) is 7.76. The summed E-state index contributed by atoms with van der Waals surface area (Å²) in [5.41, 5.74) is 3.47. The lowest BCUT2D eigenvalue weighted by Gasteiger charge is -2.07. The lowest BCUT2D eigenvalue weighted by atomic mass is 10.1. The number of benzene rings is 2. The van der Waals surface area contributed by atoms with Crippen molar-refractivity contribution in [1.29, 1.82) is 0 Å². The first kappa shape index (κ1) is 14.3. The molecule has 0 radical (unpaired) electrons. The molecule has 0 unspecified atom stereocenters. The maximum Gasteiger partial charge on any atom is 0.251 e. The molecule has 116 valence electrons. The van der Waals surface area contributed by atoms with E-state index < -0.39 is 0 Å². The molecule has 2 aromatic carbocycles. The van der Waals surface area contributed by atoms with E-state index in [0.29, 0.717) is 12.1 Å². The fraction of sp³-hybridized carbons (Fsp3) is 0.0500. The van der Waals surface area contributed by atoms with Gasteiger partial charge in [-0.05, 0) is 42.0 Å². The van der Waals surface area contributed by atoms with Crippen molar-refractivity contribution < 1.29 is 4.79 Å². The predicted octanol–water partition coefficient (Wildman–Crippen LogP) is 3.71. The van der Waals surface area contributed by atoms with Crippen LogP contribution in [-0.2, 0) is 6.54 Å². The average Bonchev–Trinajstić information content (AvgIpc) is 2.65. The second-order valence-electron chi connectivity index (χ2n) is 5.62. The van der Waals surface area contributed by atoms with Crippen molar-refractivity contribution in [2.75, 3.05) is 0 Å². The van der Waals surface area contributed by atoms with E-state index in [2.05, 4.69) is 15.3 Å². The van der Waals surface area contributed by atoms with E-state index in [1.54, 1.807) is 18.5 Å². The molecule has 0 aliphatic carbocycles. The molecule has 0 aliphatic rings. The van der Waals surface area contributed by atoms with Gasteiger partial charge in [-0.15, -0.1) is 0 Å². The SMILES string of the molecule is O=C(NCc1ccc2cccnc2c1)c1ccc2ncccc2c1. The number of pyridine rings is 2. The standard InChI is InChI=1S/C20H15N3O/c24-20(17-7-8-18-16(12-17)4-2-9-21-18)23-13-14-5-6-15-3-1-10-22-19(15)11-14/h1-12H,13H2,(H,23,24). The molecule has 1 amide bonds. The third-order valence-electron chi connectivity index (χ3n) is 3.99. The first-order valence-corrected chi connectivity index (χ1v) is 7.76. The van der Waals surface area contributed by atoms with Crippen molar-refractivity contribution in [3.8, 4) is 0 Å². The summed E-state index contributed by atoms with van der Waals surface area (Å²) < 4.78 is 0. The van der Waals surface area contributed by atoms with Gasteiger partial charge in [-0.1, -0.05) is 24.3 Å². The van der Waals surface area contributed by atoms with Gasteiger partial charge in [-0.2, -0.15) is 0 Å². The second-order valence-corrected chi connectivity index (χ2v) is 5.62. The molecule has 4 rings (SSSR count). The van der Waals surface area contributed by atoms with Crippen LogP contribution >= 0.6 is 0 Å². The van der Waals surface area contributed by atoms with Crippen LogP contribution in [0.15, 0.2) is 73.1 Å². The summed E-state index contributed by atoms with van der Waals surface area (Å²) >= 11 is 0. The summed E-state index contributed by atoms with van der Waals surface area (Å²) in [6, 6.07) is 19.3. The van der Waals surface area contributed by atoms with Crippen LogP contribution in [0.1, 0.15) is 15.9 Å². The minimum atomic E-state index is -0.0955. The highest BCUT2D eigenvalue weighted by Gasteiger charge is 2.07. The van der Waals surface area contributed by atoms with Gasteiger partial charge < -0.3 is 5.32 Å². The molecule has 0 fully saturated rings. The van der Waals surface area contributed by atoms with Crippen molar-refractivity contribution in [2.45, 2.75) is 6.54 Å². The van der Waals surface area contributed by atoms with Crippen LogP contribution in [0.4, 0.5) is 0 Å². The molecule has 2 aromatic heterocycles. The maximum absolute atomic E-state index is 12.4. The number of nitrogens with zero attached hydrogens (tertiary/aromatic N) is 2. The Morgan fingerprint density at radius 2 is 1.62 bits per heavy atom. The van der Waals surface area contributed by atoms with Crippen LogP contribution in [-0.4, -0.2) is 15.9 Å². The van der Waals surface area contributed by atoms with Gasteiger partial charge >= 0.3 is 0 Å². The number of hydrogen-bond acceptors (Lipinski definition) is 3. The van der Waals surface area contributed by atoms with E-state index in [4.69, 9.17) is 0 Å². The van der Waals surface area contributed by atoms with Crippen LogP contribution in [0.5, 0.6) is 0 Å². The van der Waals surface area contributed by atoms with E-state index in [1.807, 2.05) is 54.6 Å². The number of hydrogen-bond donors (Lipinski definition) is 1. The highest BCUT2D eigenvalue weighted by atomic mass is 16.1. The molecule has 0 atom stereocenters. The number of aromatic nitrogens is 2. The molecule has 4 nitrogen and oxygen atoms in total. The minimum absolute atomic E-state index is 0.0955. The van der Waals surface area contributed by atoms with Crippen molar-refractivity contribution in [1.82, 2.24) is 15.3 Å². The first-order chi connectivity index (χ1) is 11.8. The van der Waals surface area contributed by atoms with Crippen LogP contribution in [0, 0.1) is 0 Å². The van der Waals surface area contributed by atoms with Gasteiger partial charge in [0.15, 0.2) is 0 Å². The van der Waals surface area contributed by atoms with E-state index >= 15 is 0 Å². The normalized spacial score (nSPS) is 10.8. The fourth-order valence-electron chi connectivity index (χ4n) is 2.72. The number of carbonyl (C=O) groups is 1. The Labute approximate surface area is 139 Å². The molecule has 1 N–H and O–H groups in total. The Morgan fingerprint density at radius 3 is 2.50 bits per heavy atom. The zero-order chi connectivity index (χ0) is 16.4. The van der Waals surface area contributed by atoms with Crippen molar-refractivity contribution >= 4 is 27.7 Å². The highest BCUT2D eigenvalue weighted by molar-refractivity contribution is 5.97. The summed E-state index contributed by atoms with van der Waals surface area (Å²) in [5, 5.41) is 5.01. The monoisotopic (exact) mass is 313 g/mol. The van der Waals surface area contributed by atoms with Crippen molar-refractivity contribution in [2.24, 2.45) is 0 Å². The molecule has 0 bridgehead atoms. The summed E-state index contributed by atoms with van der Waals surface area (Å²) in [6.07, 6.45) is 3.52. The summed E-state index contributed by atoms with van der Waals surface area (Å²) in [7, 11) is 0. The predicted molar refractivity (Wildman–Crippen MR) is 94.7 cm³/mol. The van der Waals surface area contributed by atoms with Crippen molar-refractivity contribution in [3.63, 3.8) is 0 Å². The van der Waals surface area contributed by atoms with Gasteiger partial charge in [-0.3, -0.25) is 14.8 Å². The Hall–Kier alpha value is -3.27. The van der Waals surface area contributed by atoms with Gasteiger partial charge in [-0.25, -0.2) is 0 Å². The Bertz CT molecular complexity index is 1040. The number of fused-ring (bicyclic) bond motifs is 2. The lowest BCUT2D eigenvalue weighted by molar-refractivity contribution is 0.0951. The number of carbonyl (C=O) groups excluding carboxylic acids is 1. The fourth-order valence-corrected chi connectivity index (χ4v) is 2.72. The zero-order valence-electron chi connectivity index (χ0n) is 12.9. The molecule has 0 aliphatic heterocycles. The molecular weight excluding hydrogens is 298 g/mol. The van der Waals surface area contributed by atoms with E-state index in [0.717, 1.165) is 27.4 Å². The second kappa shape index (κ2) is 6.08. The minimum Gasteiger partial charge on any atom is -0.348 e. The molecule has 4 heteroatoms. The van der Waals surface area contributed by atoms with Crippen molar-refractivity contribution in [3.05, 3.63) is 84.2 Å². The van der Waals surface area contributed by atoms with E-state index in [1.165, 1.54) is 0 Å². The molecule has 4 aromatic rings. The number of amides is 1. The zero-order valence-corrected chi connectivity index (χ0v) is 12.9. The Balaban J connectivity index is 1.52. The van der Waals surface area contributed by atoms with Gasteiger partial charge in [0.25, 0.3) is 5.91 Å². The quantitative estimate of drug-likeness (QED) is 0.627. The number of nitrogens with one attached hydrogen (secondary N) is 1. The number of rotatable bonds is 3. The summed E-state index contributed by atoms with van der Waals surface area (Å²) in [4.78, 5) is 21.0. The van der Waals surface area contributed by atoms with Gasteiger partial charge in [0.1, 0.15) is 0 Å². The van der Waals surface area contributed by atoms with Gasteiger partial charge in [0, 0.05) is 35.3 Å². The smallest absolute Gasteiger partial charge is 0.251 e. The molecule has 2 heterocycles. The third-order valence-corrected chi connectivity index (χ3v) is 3.99. The van der Waals surface area contributed by atoms with Gasteiger partial charge in [0.2, 0.25) is 0 Å². The maximum atomic E-state index is 12.4.